The van der Waals surface area contributed by atoms with Gasteiger partial charge in [-0.15, -0.1) is 0 Å². The average molecular weight is 391 g/mol. The lowest BCUT2D eigenvalue weighted by Gasteiger charge is -2.24. The van der Waals surface area contributed by atoms with Crippen molar-refractivity contribution in [1.29, 1.82) is 0 Å². The van der Waals surface area contributed by atoms with Crippen molar-refractivity contribution in [1.82, 2.24) is 15.1 Å². The summed E-state index contributed by atoms with van der Waals surface area (Å²) in [6.07, 6.45) is 4.56. The Morgan fingerprint density at radius 2 is 1.72 bits per heavy atom. The molecule has 1 amide bonds. The second-order valence-electron chi connectivity index (χ2n) is 6.90. The van der Waals surface area contributed by atoms with Crippen molar-refractivity contribution in [2.24, 2.45) is 5.92 Å². The molecule has 0 radical (unpaired) electrons. The summed E-state index contributed by atoms with van der Waals surface area (Å²) in [5.74, 6) is -0.975. The molecule has 0 bridgehead atoms. The highest BCUT2D eigenvalue weighted by Gasteiger charge is 2.27. The molecule has 0 aliphatic heterocycles. The van der Waals surface area contributed by atoms with Crippen molar-refractivity contribution in [3.63, 3.8) is 0 Å². The van der Waals surface area contributed by atoms with Crippen LogP contribution in [0.4, 0.5) is 0 Å². The first-order valence-corrected chi connectivity index (χ1v) is 9.59. The number of nitrogens with zero attached hydrogens (tertiary/aromatic N) is 2. The highest BCUT2D eigenvalue weighted by Crippen LogP contribution is 2.23. The minimum atomic E-state index is -0.493. The zero-order valence-electron chi connectivity index (χ0n) is 16.6. The van der Waals surface area contributed by atoms with Crippen molar-refractivity contribution in [2.75, 3.05) is 7.11 Å². The molecule has 1 N–H and O–H groups in total. The van der Waals surface area contributed by atoms with Gasteiger partial charge in [0.05, 0.1) is 31.0 Å². The predicted octanol–water partition coefficient (Wildman–Crippen LogP) is 3.47. The Kier molecular flexibility index (Phi) is 6.79. The molecule has 3 rings (SSSR count). The van der Waals surface area contributed by atoms with Gasteiger partial charge < -0.3 is 10.1 Å². The smallest absolute Gasteiger partial charge is 0.310 e. The molecule has 2 atom stereocenters. The lowest BCUT2D eigenvalue weighted by Crippen LogP contribution is -2.36. The summed E-state index contributed by atoms with van der Waals surface area (Å²) in [7, 11) is 1.35. The summed E-state index contributed by atoms with van der Waals surface area (Å²) in [6.45, 7) is 1.76. The van der Waals surface area contributed by atoms with Gasteiger partial charge in [0.2, 0.25) is 5.91 Å². The molecule has 0 aliphatic carbocycles. The van der Waals surface area contributed by atoms with Gasteiger partial charge in [0.1, 0.15) is 0 Å². The molecule has 1 aromatic heterocycles. The number of esters is 1. The van der Waals surface area contributed by atoms with E-state index in [1.165, 1.54) is 7.11 Å². The third kappa shape index (κ3) is 5.31. The molecule has 6 nitrogen and oxygen atoms in total. The number of methoxy groups -OCH3 is 1. The molecule has 2 aromatic carbocycles. The third-order valence-electron chi connectivity index (χ3n) is 4.85. The standard InChI is InChI=1S/C23H25N3O3/c1-17(23(28)29-2)22(19-9-5-3-6-10-19)25-21(27)14-13-18-15-24-26(16-18)20-11-7-4-8-12-20/h3-12,15-17,22H,13-14H2,1-2H3,(H,25,27). The normalized spacial score (nSPS) is 12.8. The predicted molar refractivity (Wildman–Crippen MR) is 110 cm³/mol. The van der Waals surface area contributed by atoms with Gasteiger partial charge in [-0.25, -0.2) is 4.68 Å². The van der Waals surface area contributed by atoms with E-state index >= 15 is 0 Å². The van der Waals surface area contributed by atoms with Gasteiger partial charge in [0.25, 0.3) is 0 Å². The molecule has 6 heteroatoms. The number of para-hydroxylation sites is 1. The molecule has 2 unspecified atom stereocenters. The van der Waals surface area contributed by atoms with Crippen molar-refractivity contribution in [3.8, 4) is 5.69 Å². The van der Waals surface area contributed by atoms with Crippen LogP contribution in [0.5, 0.6) is 0 Å². The average Bonchev–Trinajstić information content (AvgIpc) is 3.25. The molecule has 29 heavy (non-hydrogen) atoms. The van der Waals surface area contributed by atoms with Crippen LogP contribution in [0.1, 0.15) is 30.5 Å². The number of benzene rings is 2. The summed E-state index contributed by atoms with van der Waals surface area (Å²) < 4.78 is 6.66. The van der Waals surface area contributed by atoms with Crippen molar-refractivity contribution in [3.05, 3.63) is 84.2 Å². The van der Waals surface area contributed by atoms with Crippen LogP contribution in [0.2, 0.25) is 0 Å². The van der Waals surface area contributed by atoms with Gasteiger partial charge in [0.15, 0.2) is 0 Å². The van der Waals surface area contributed by atoms with E-state index < -0.39 is 12.0 Å². The fourth-order valence-electron chi connectivity index (χ4n) is 3.19. The van der Waals surface area contributed by atoms with Crippen molar-refractivity contribution < 1.29 is 14.3 Å². The minimum absolute atomic E-state index is 0.123. The maximum atomic E-state index is 12.6. The second kappa shape index (κ2) is 9.68. The fraction of sp³-hybridized carbons (Fsp3) is 0.261. The number of amides is 1. The quantitative estimate of drug-likeness (QED) is 0.597. The van der Waals surface area contributed by atoms with E-state index in [-0.39, 0.29) is 11.9 Å². The van der Waals surface area contributed by atoms with Crippen LogP contribution in [0.25, 0.3) is 5.69 Å². The molecule has 0 saturated carbocycles. The van der Waals surface area contributed by atoms with E-state index in [1.807, 2.05) is 66.9 Å². The number of aromatic nitrogens is 2. The number of hydrogen-bond donors (Lipinski definition) is 1. The summed E-state index contributed by atoms with van der Waals surface area (Å²) >= 11 is 0. The first kappa shape index (κ1) is 20.3. The van der Waals surface area contributed by atoms with Crippen LogP contribution >= 0.6 is 0 Å². The molecule has 0 spiro atoms. The topological polar surface area (TPSA) is 73.2 Å². The highest BCUT2D eigenvalue weighted by atomic mass is 16.5. The Morgan fingerprint density at radius 3 is 2.38 bits per heavy atom. The van der Waals surface area contributed by atoms with Gasteiger partial charge in [-0.05, 0) is 36.6 Å². The van der Waals surface area contributed by atoms with E-state index in [9.17, 15) is 9.59 Å². The third-order valence-corrected chi connectivity index (χ3v) is 4.85. The van der Waals surface area contributed by atoms with Crippen LogP contribution in [0.3, 0.4) is 0 Å². The molecule has 3 aromatic rings. The highest BCUT2D eigenvalue weighted by molar-refractivity contribution is 5.79. The number of carbonyl (C=O) groups excluding carboxylic acids is 2. The van der Waals surface area contributed by atoms with Crippen LogP contribution < -0.4 is 5.32 Å². The number of ether oxygens (including phenoxy) is 1. The largest absolute Gasteiger partial charge is 0.469 e. The van der Waals surface area contributed by atoms with Crippen LogP contribution in [0, 0.1) is 5.92 Å². The van der Waals surface area contributed by atoms with Crippen LogP contribution in [-0.4, -0.2) is 28.8 Å². The van der Waals surface area contributed by atoms with Gasteiger partial charge in [-0.3, -0.25) is 9.59 Å². The van der Waals surface area contributed by atoms with E-state index in [2.05, 4.69) is 10.4 Å². The van der Waals surface area contributed by atoms with Gasteiger partial charge in [0, 0.05) is 12.6 Å². The first-order valence-electron chi connectivity index (χ1n) is 9.59. The van der Waals surface area contributed by atoms with E-state index in [1.54, 1.807) is 17.8 Å². The van der Waals surface area contributed by atoms with Gasteiger partial charge in [-0.2, -0.15) is 5.10 Å². The molecule has 150 valence electrons. The number of nitrogens with one attached hydrogen (secondary N) is 1. The minimum Gasteiger partial charge on any atom is -0.469 e. The fourth-order valence-corrected chi connectivity index (χ4v) is 3.19. The zero-order valence-corrected chi connectivity index (χ0v) is 16.6. The monoisotopic (exact) mass is 391 g/mol. The Morgan fingerprint density at radius 1 is 1.07 bits per heavy atom. The second-order valence-corrected chi connectivity index (χ2v) is 6.90. The Bertz CT molecular complexity index is 938. The molecule has 0 saturated heterocycles. The lowest BCUT2D eigenvalue weighted by molar-refractivity contribution is -0.146. The van der Waals surface area contributed by atoms with E-state index in [0.29, 0.717) is 12.8 Å². The van der Waals surface area contributed by atoms with Crippen molar-refractivity contribution >= 4 is 11.9 Å². The SMILES string of the molecule is COC(=O)C(C)C(NC(=O)CCc1cnn(-c2ccccc2)c1)c1ccccc1. The Labute approximate surface area is 170 Å². The Hall–Kier alpha value is -3.41. The summed E-state index contributed by atoms with van der Waals surface area (Å²) in [4.78, 5) is 24.6. The van der Waals surface area contributed by atoms with E-state index in [4.69, 9.17) is 4.74 Å². The molecule has 0 fully saturated rings. The molecule has 1 heterocycles. The summed E-state index contributed by atoms with van der Waals surface area (Å²) in [5, 5.41) is 7.35. The van der Waals surface area contributed by atoms with Crippen LogP contribution in [0.15, 0.2) is 73.1 Å². The number of rotatable bonds is 8. The van der Waals surface area contributed by atoms with E-state index in [0.717, 1.165) is 16.8 Å². The first-order chi connectivity index (χ1) is 14.1. The van der Waals surface area contributed by atoms with Gasteiger partial charge in [-0.1, -0.05) is 48.5 Å². The Balaban J connectivity index is 1.63. The molecular formula is C23H25N3O3. The van der Waals surface area contributed by atoms with Gasteiger partial charge >= 0.3 is 5.97 Å². The number of hydrogen-bond acceptors (Lipinski definition) is 4. The molecular weight excluding hydrogens is 366 g/mol. The lowest BCUT2D eigenvalue weighted by atomic mass is 9.94. The summed E-state index contributed by atoms with van der Waals surface area (Å²) in [5.41, 5.74) is 2.82. The maximum absolute atomic E-state index is 12.6. The number of aryl methyl sites for hydroxylation is 1. The number of carbonyl (C=O) groups is 2. The maximum Gasteiger partial charge on any atom is 0.310 e. The zero-order chi connectivity index (χ0) is 20.6. The summed E-state index contributed by atoms with van der Waals surface area (Å²) in [6, 6.07) is 18.8. The molecule has 0 aliphatic rings. The van der Waals surface area contributed by atoms with Crippen LogP contribution in [-0.2, 0) is 20.7 Å². The van der Waals surface area contributed by atoms with Crippen molar-refractivity contribution in [2.45, 2.75) is 25.8 Å².